The molecule has 2 aromatic heterocycles. The van der Waals surface area contributed by atoms with Crippen LogP contribution in [0.3, 0.4) is 0 Å². The number of esters is 1. The second-order valence-electron chi connectivity index (χ2n) is 11.3. The van der Waals surface area contributed by atoms with Gasteiger partial charge in [-0.1, -0.05) is 44.9 Å². The van der Waals surface area contributed by atoms with E-state index in [2.05, 4.69) is 11.5 Å². The van der Waals surface area contributed by atoms with Crippen molar-refractivity contribution in [1.82, 2.24) is 19.4 Å². The number of hydrogen-bond donors (Lipinski definition) is 0. The summed E-state index contributed by atoms with van der Waals surface area (Å²) in [7, 11) is 0. The van der Waals surface area contributed by atoms with Crippen molar-refractivity contribution in [2.24, 2.45) is 0 Å². The lowest BCUT2D eigenvalue weighted by Gasteiger charge is -2.19. The quantitative estimate of drug-likeness (QED) is 0.133. The molecular formula is C32H40N4O4S. The zero-order chi connectivity index (χ0) is 29.6. The van der Waals surface area contributed by atoms with E-state index >= 15 is 0 Å². The number of unbranched alkanes of at least 4 members (excludes halogenated alkanes) is 2. The Kier molecular flexibility index (Phi) is 9.81. The first kappa shape index (κ1) is 30.2. The zero-order valence-corrected chi connectivity index (χ0v) is 25.5. The number of ether oxygens (including phenoxy) is 1. The average Bonchev–Trinajstić information content (AvgIpc) is 3.63. The predicted octanol–water partition coefficient (Wildman–Crippen LogP) is 6.90. The van der Waals surface area contributed by atoms with Crippen LogP contribution in [0.25, 0.3) is 6.08 Å². The van der Waals surface area contributed by atoms with E-state index in [1.807, 2.05) is 57.3 Å². The van der Waals surface area contributed by atoms with Gasteiger partial charge >= 0.3 is 12.0 Å². The Balaban J connectivity index is 1.67. The van der Waals surface area contributed by atoms with Gasteiger partial charge in [-0.3, -0.25) is 14.6 Å². The zero-order valence-electron chi connectivity index (χ0n) is 24.7. The molecule has 0 atom stereocenters. The van der Waals surface area contributed by atoms with E-state index < -0.39 is 5.60 Å². The molecule has 1 saturated heterocycles. The molecule has 3 amide bonds. The Bertz CT molecular complexity index is 1380. The van der Waals surface area contributed by atoms with Crippen molar-refractivity contribution < 1.29 is 19.1 Å². The van der Waals surface area contributed by atoms with Crippen molar-refractivity contribution in [3.05, 3.63) is 81.2 Å². The number of nitrogens with zero attached hydrogens (tertiary/aromatic N) is 4. The van der Waals surface area contributed by atoms with Crippen LogP contribution in [0.1, 0.15) is 92.6 Å². The Morgan fingerprint density at radius 3 is 2.37 bits per heavy atom. The van der Waals surface area contributed by atoms with Gasteiger partial charge in [-0.2, -0.15) is 0 Å². The molecule has 0 spiro atoms. The molecule has 1 aliphatic heterocycles. The maximum atomic E-state index is 13.5. The van der Waals surface area contributed by atoms with Crippen LogP contribution in [0.5, 0.6) is 0 Å². The minimum Gasteiger partial charge on any atom is -0.456 e. The summed E-state index contributed by atoms with van der Waals surface area (Å²) in [5, 5.41) is 1.97. The molecule has 3 heterocycles. The number of imide groups is 1. The molecule has 9 heteroatoms. The van der Waals surface area contributed by atoms with E-state index in [0.717, 1.165) is 54.1 Å². The van der Waals surface area contributed by atoms with Gasteiger partial charge in [-0.05, 0) is 68.8 Å². The molecular weight excluding hydrogens is 536 g/mol. The molecule has 0 aliphatic carbocycles. The third-order valence-corrected chi connectivity index (χ3v) is 7.64. The van der Waals surface area contributed by atoms with Crippen LogP contribution in [-0.2, 0) is 29.0 Å². The third-order valence-electron chi connectivity index (χ3n) is 6.78. The minimum atomic E-state index is -0.564. The number of rotatable bonds is 12. The highest BCUT2D eigenvalue weighted by Gasteiger charge is 2.40. The first-order chi connectivity index (χ1) is 19.6. The molecule has 0 bridgehead atoms. The van der Waals surface area contributed by atoms with Gasteiger partial charge in [-0.25, -0.2) is 14.6 Å². The average molecular weight is 577 g/mol. The fourth-order valence-electron chi connectivity index (χ4n) is 4.62. The summed E-state index contributed by atoms with van der Waals surface area (Å²) in [6, 6.07) is 11.0. The van der Waals surface area contributed by atoms with Crippen molar-refractivity contribution in [2.45, 2.75) is 85.4 Å². The van der Waals surface area contributed by atoms with Crippen molar-refractivity contribution in [1.29, 1.82) is 0 Å². The molecule has 4 rings (SSSR count). The molecule has 3 aromatic rings. The third kappa shape index (κ3) is 7.52. The number of aromatic nitrogens is 2. The number of imidazole rings is 1. The van der Waals surface area contributed by atoms with Crippen LogP contribution in [0.2, 0.25) is 0 Å². The van der Waals surface area contributed by atoms with E-state index in [9.17, 15) is 14.4 Å². The summed E-state index contributed by atoms with van der Waals surface area (Å²) in [4.78, 5) is 48.1. The van der Waals surface area contributed by atoms with Crippen LogP contribution in [0.4, 0.5) is 4.79 Å². The monoisotopic (exact) mass is 576 g/mol. The van der Waals surface area contributed by atoms with Gasteiger partial charge in [0.05, 0.1) is 24.0 Å². The van der Waals surface area contributed by atoms with Crippen molar-refractivity contribution >= 4 is 35.3 Å². The molecule has 1 fully saturated rings. The molecule has 0 radical (unpaired) electrons. The van der Waals surface area contributed by atoms with Crippen LogP contribution >= 0.6 is 11.3 Å². The molecule has 0 saturated carbocycles. The first-order valence-corrected chi connectivity index (χ1v) is 15.2. The van der Waals surface area contributed by atoms with Gasteiger partial charge in [0.1, 0.15) is 17.1 Å². The summed E-state index contributed by atoms with van der Waals surface area (Å²) < 4.78 is 7.59. The van der Waals surface area contributed by atoms with Gasteiger partial charge in [0, 0.05) is 24.4 Å². The van der Waals surface area contributed by atoms with Gasteiger partial charge in [-0.15, -0.1) is 11.3 Å². The number of aryl methyl sites for hydroxylation is 1. The second-order valence-corrected chi connectivity index (χ2v) is 12.3. The topological polar surface area (TPSA) is 84.7 Å². The molecule has 218 valence electrons. The SMILES string of the molecule is CCCCc1ncc(/C=C2/C(=O)N(CCCC)C(=O)N2Cc2cccs2)n1Cc1ccc(C(=O)OC(C)(C)C)cc1. The Morgan fingerprint density at radius 1 is 1.00 bits per heavy atom. The van der Waals surface area contributed by atoms with Crippen molar-refractivity contribution in [2.75, 3.05) is 6.54 Å². The van der Waals surface area contributed by atoms with Crippen LogP contribution in [-0.4, -0.2) is 49.4 Å². The molecule has 8 nitrogen and oxygen atoms in total. The molecule has 0 N–H and O–H groups in total. The van der Waals surface area contributed by atoms with Crippen molar-refractivity contribution in [3.8, 4) is 0 Å². The number of urea groups is 1. The highest BCUT2D eigenvalue weighted by Crippen LogP contribution is 2.28. The lowest BCUT2D eigenvalue weighted by atomic mass is 10.1. The summed E-state index contributed by atoms with van der Waals surface area (Å²) in [6.45, 7) is 11.0. The normalized spacial score (nSPS) is 14.9. The summed E-state index contributed by atoms with van der Waals surface area (Å²) >= 11 is 1.56. The Labute approximate surface area is 246 Å². The smallest absolute Gasteiger partial charge is 0.338 e. The summed E-state index contributed by atoms with van der Waals surface area (Å²) in [6.07, 6.45) is 8.04. The predicted molar refractivity (Wildman–Crippen MR) is 161 cm³/mol. The van der Waals surface area contributed by atoms with Crippen LogP contribution < -0.4 is 0 Å². The van der Waals surface area contributed by atoms with E-state index in [4.69, 9.17) is 9.72 Å². The summed E-state index contributed by atoms with van der Waals surface area (Å²) in [5.74, 6) is 0.285. The van der Waals surface area contributed by atoms with E-state index in [0.29, 0.717) is 30.9 Å². The molecule has 0 unspecified atom stereocenters. The van der Waals surface area contributed by atoms with E-state index in [1.165, 1.54) is 4.90 Å². The number of benzene rings is 1. The number of carbonyl (C=O) groups excluding carboxylic acids is 3. The summed E-state index contributed by atoms with van der Waals surface area (Å²) in [5.41, 5.74) is 2.04. The molecule has 41 heavy (non-hydrogen) atoms. The highest BCUT2D eigenvalue weighted by molar-refractivity contribution is 7.09. The largest absolute Gasteiger partial charge is 0.456 e. The second kappa shape index (κ2) is 13.3. The fourth-order valence-corrected chi connectivity index (χ4v) is 5.31. The van der Waals surface area contributed by atoms with Gasteiger partial charge in [0.25, 0.3) is 5.91 Å². The number of thiophene rings is 1. The highest BCUT2D eigenvalue weighted by atomic mass is 32.1. The van der Waals surface area contributed by atoms with Crippen LogP contribution in [0, 0.1) is 0 Å². The molecule has 1 aromatic carbocycles. The number of amides is 3. The molecule has 1 aliphatic rings. The standard InChI is InChI=1S/C32H40N4O4S/c1-6-8-12-28-33-20-25(35(28)21-23-13-15-24(16-14-23)30(38)40-32(3,4)5)19-27-29(37)34(17-9-7-2)31(39)36(27)22-26-11-10-18-41-26/h10-11,13-16,18-20H,6-9,12,17,21-22H2,1-5H3/b27-19-. The van der Waals surface area contributed by atoms with Crippen LogP contribution in [0.15, 0.2) is 53.7 Å². The van der Waals surface area contributed by atoms with E-state index in [1.54, 1.807) is 40.6 Å². The van der Waals surface area contributed by atoms with Gasteiger partial charge in [0.2, 0.25) is 0 Å². The Hall–Kier alpha value is -3.72. The fraction of sp³-hybridized carbons (Fsp3) is 0.438. The number of hydrogen-bond acceptors (Lipinski definition) is 6. The van der Waals surface area contributed by atoms with E-state index in [-0.39, 0.29) is 17.9 Å². The maximum Gasteiger partial charge on any atom is 0.338 e. The van der Waals surface area contributed by atoms with Gasteiger partial charge in [0.15, 0.2) is 0 Å². The Morgan fingerprint density at radius 2 is 1.73 bits per heavy atom. The first-order valence-electron chi connectivity index (χ1n) is 14.4. The van der Waals surface area contributed by atoms with Crippen molar-refractivity contribution in [3.63, 3.8) is 0 Å². The minimum absolute atomic E-state index is 0.274. The lowest BCUT2D eigenvalue weighted by Crippen LogP contribution is -2.33. The number of carbonyl (C=O) groups is 3. The van der Waals surface area contributed by atoms with Gasteiger partial charge < -0.3 is 9.30 Å². The lowest BCUT2D eigenvalue weighted by molar-refractivity contribution is -0.123. The maximum absolute atomic E-state index is 13.5.